The summed E-state index contributed by atoms with van der Waals surface area (Å²) in [4.78, 5) is 0. The normalized spacial score (nSPS) is 10.8. The van der Waals surface area contributed by atoms with Crippen LogP contribution in [0.1, 0.15) is 0 Å². The monoisotopic (exact) mass is 1250 g/mol. The van der Waals surface area contributed by atoms with E-state index in [1.54, 1.807) is 114 Å². The molecule has 0 spiro atoms. The second-order valence-corrected chi connectivity index (χ2v) is 19.6. The molecule has 0 saturated carbocycles. The molecule has 430 valence electrons. The van der Waals surface area contributed by atoms with Gasteiger partial charge in [-0.25, -0.2) is 0 Å². The minimum Gasteiger partial charge on any atom is -0.493 e. The third kappa shape index (κ3) is 11.0. The Morgan fingerprint density at radius 1 is 0.146 bits per heavy atom. The third-order valence-electron chi connectivity index (χ3n) is 14.1. The van der Waals surface area contributed by atoms with Crippen LogP contribution in [-0.4, -0.2) is 114 Å². The highest BCUT2D eigenvalue weighted by Gasteiger charge is 2.30. The fourth-order valence-electron chi connectivity index (χ4n) is 10.1. The molecule has 0 saturated heterocycles. The van der Waals surface area contributed by atoms with E-state index in [0.29, 0.717) is 157 Å². The van der Waals surface area contributed by atoms with Crippen molar-refractivity contribution in [3.8, 4) is 170 Å². The Bertz CT molecular complexity index is 3430. The van der Waals surface area contributed by atoms with Gasteiger partial charge in [0.2, 0.25) is 0 Å². The van der Waals surface area contributed by atoms with E-state index in [0.717, 1.165) is 22.3 Å². The molecule has 0 N–H and O–H groups in total. The van der Waals surface area contributed by atoms with Crippen LogP contribution in [0.15, 0.2) is 106 Å². The van der Waals surface area contributed by atoms with E-state index in [2.05, 4.69) is 31.9 Å². The summed E-state index contributed by atoms with van der Waals surface area (Å²) in [6.45, 7) is 0. The molecule has 82 heavy (non-hydrogen) atoms. The lowest BCUT2D eigenvalue weighted by Crippen LogP contribution is -2.02. The van der Waals surface area contributed by atoms with Crippen LogP contribution in [0.3, 0.4) is 0 Å². The van der Waals surface area contributed by atoms with E-state index >= 15 is 0 Å². The number of ether oxygens (including phenoxy) is 16. The van der Waals surface area contributed by atoms with Crippen molar-refractivity contribution in [3.63, 3.8) is 0 Å². The maximum Gasteiger partial charge on any atom is 0.161 e. The van der Waals surface area contributed by atoms with Crippen LogP contribution in [0.5, 0.6) is 92.0 Å². The first kappa shape index (κ1) is 59.6. The molecule has 8 aromatic rings. The topological polar surface area (TPSA) is 148 Å². The zero-order valence-electron chi connectivity index (χ0n) is 48.5. The molecule has 0 unspecified atom stereocenters. The summed E-state index contributed by atoms with van der Waals surface area (Å²) in [5, 5.41) is 0. The molecular formula is C64H64Br2O16. The van der Waals surface area contributed by atoms with Crippen LogP contribution in [0.4, 0.5) is 0 Å². The summed E-state index contributed by atoms with van der Waals surface area (Å²) in [5.74, 6) is 7.44. The molecule has 0 aliphatic rings. The Hall–Kier alpha value is -8.48. The van der Waals surface area contributed by atoms with Gasteiger partial charge in [0.05, 0.1) is 114 Å². The molecule has 18 heteroatoms. The fourth-order valence-corrected chi connectivity index (χ4v) is 11.1. The summed E-state index contributed by atoms with van der Waals surface area (Å²) >= 11 is 7.73. The SMILES string of the molecule is COc1cc(Br)c(-c2cc(OC)c(OC)cc2-c2cc(OC)c(OC)cc2-c2cc(OC)c(OC)cc2-c2cc(OC)c(OC)cc2-c2cc(OC)c(OC)cc2-c2cc(OC)c(OC)cc2-c2cc(OC)c(OC)cc2Br)cc1OC. The quantitative estimate of drug-likeness (QED) is 0.0597. The molecule has 0 radical (unpaired) electrons. The molecule has 0 heterocycles. The molecule has 16 nitrogen and oxygen atoms in total. The highest BCUT2D eigenvalue weighted by Crippen LogP contribution is 2.56. The van der Waals surface area contributed by atoms with Crippen molar-refractivity contribution >= 4 is 31.9 Å². The van der Waals surface area contributed by atoms with Crippen LogP contribution >= 0.6 is 31.9 Å². The van der Waals surface area contributed by atoms with Gasteiger partial charge in [-0.1, -0.05) is 31.9 Å². The molecule has 0 fully saturated rings. The van der Waals surface area contributed by atoms with Crippen molar-refractivity contribution < 1.29 is 75.8 Å². The summed E-state index contributed by atoms with van der Waals surface area (Å²) in [6, 6.07) is 30.7. The zero-order valence-corrected chi connectivity index (χ0v) is 51.7. The molecule has 0 bridgehead atoms. The minimum atomic E-state index is 0.429. The van der Waals surface area contributed by atoms with Gasteiger partial charge in [-0.2, -0.15) is 0 Å². The molecule has 8 aromatic carbocycles. The average molecular weight is 1250 g/mol. The van der Waals surface area contributed by atoms with Crippen molar-refractivity contribution in [1.82, 2.24) is 0 Å². The predicted octanol–water partition coefficient (Wildman–Crippen LogP) is 15.0. The second-order valence-electron chi connectivity index (χ2n) is 17.9. The maximum absolute atomic E-state index is 6.17. The number of rotatable bonds is 23. The predicted molar refractivity (Wildman–Crippen MR) is 325 cm³/mol. The van der Waals surface area contributed by atoms with Gasteiger partial charge in [-0.15, -0.1) is 0 Å². The van der Waals surface area contributed by atoms with Crippen molar-refractivity contribution in [3.05, 3.63) is 106 Å². The van der Waals surface area contributed by atoms with Gasteiger partial charge < -0.3 is 75.8 Å². The fraction of sp³-hybridized carbons (Fsp3) is 0.250. The standard InChI is InChI=1S/C64H64Br2O16/c1-67-49-17-33(35(19-51(49)69-3)37-21-53(71-5)55(73-7)23-39(37)41-25-57(75-9)59(77-11)27-43(41)45-29-61(79-13)63(81-15)31-47(45)65)34-18-50(68-2)52(70-4)20-36(34)38-22-54(72-6)56(74-8)24-40(38)42-26-58(76-10)60(78-12)28-44(42)46-30-62(80-14)64(82-16)32-48(46)66/h17-32H,1-16H3. The van der Waals surface area contributed by atoms with Crippen molar-refractivity contribution in [2.24, 2.45) is 0 Å². The Labute approximate surface area is 494 Å². The number of hydrogen-bond donors (Lipinski definition) is 0. The van der Waals surface area contributed by atoms with E-state index in [9.17, 15) is 0 Å². The maximum atomic E-state index is 6.17. The highest BCUT2D eigenvalue weighted by molar-refractivity contribution is 9.11. The molecule has 0 aliphatic carbocycles. The van der Waals surface area contributed by atoms with E-state index in [1.807, 2.05) is 97.1 Å². The Morgan fingerprint density at radius 3 is 0.341 bits per heavy atom. The Balaban J connectivity index is 1.58. The van der Waals surface area contributed by atoms with Gasteiger partial charge in [0.15, 0.2) is 92.0 Å². The van der Waals surface area contributed by atoms with Gasteiger partial charge in [-0.05, 0) is 164 Å². The van der Waals surface area contributed by atoms with E-state index in [1.165, 1.54) is 0 Å². The third-order valence-corrected chi connectivity index (χ3v) is 15.4. The van der Waals surface area contributed by atoms with Crippen molar-refractivity contribution in [2.75, 3.05) is 114 Å². The lowest BCUT2D eigenvalue weighted by molar-refractivity contribution is 0.354. The van der Waals surface area contributed by atoms with E-state index < -0.39 is 0 Å². The first-order chi connectivity index (χ1) is 39.7. The molecule has 0 aromatic heterocycles. The zero-order chi connectivity index (χ0) is 59.1. The van der Waals surface area contributed by atoms with Crippen LogP contribution in [0.25, 0.3) is 77.9 Å². The molecule has 0 atom stereocenters. The highest BCUT2D eigenvalue weighted by atomic mass is 79.9. The molecule has 0 aliphatic heterocycles. The van der Waals surface area contributed by atoms with Crippen LogP contribution in [-0.2, 0) is 0 Å². The first-order valence-corrected chi connectivity index (χ1v) is 26.7. The van der Waals surface area contributed by atoms with Crippen molar-refractivity contribution in [2.45, 2.75) is 0 Å². The molecule has 8 rings (SSSR count). The van der Waals surface area contributed by atoms with Crippen molar-refractivity contribution in [1.29, 1.82) is 0 Å². The largest absolute Gasteiger partial charge is 0.493 e. The smallest absolute Gasteiger partial charge is 0.161 e. The summed E-state index contributed by atoms with van der Waals surface area (Å²) in [6.07, 6.45) is 0. The van der Waals surface area contributed by atoms with Crippen LogP contribution in [0, 0.1) is 0 Å². The summed E-state index contributed by atoms with van der Waals surface area (Å²) in [7, 11) is 25.4. The van der Waals surface area contributed by atoms with Gasteiger partial charge in [0, 0.05) is 20.1 Å². The van der Waals surface area contributed by atoms with E-state index in [-0.39, 0.29) is 0 Å². The summed E-state index contributed by atoms with van der Waals surface area (Å²) in [5.41, 5.74) is 9.75. The number of halogens is 2. The second kappa shape index (κ2) is 26.0. The van der Waals surface area contributed by atoms with Gasteiger partial charge in [-0.3, -0.25) is 0 Å². The first-order valence-electron chi connectivity index (χ1n) is 25.2. The molecule has 0 amide bonds. The van der Waals surface area contributed by atoms with Gasteiger partial charge in [0.25, 0.3) is 0 Å². The van der Waals surface area contributed by atoms with Crippen LogP contribution in [0.2, 0.25) is 0 Å². The molecular weight excluding hydrogens is 1180 g/mol. The number of hydrogen-bond acceptors (Lipinski definition) is 16. The minimum absolute atomic E-state index is 0.429. The lowest BCUT2D eigenvalue weighted by atomic mass is 9.82. The van der Waals surface area contributed by atoms with E-state index in [4.69, 9.17) is 75.8 Å². The Kier molecular flexibility index (Phi) is 18.9. The number of benzene rings is 8. The lowest BCUT2D eigenvalue weighted by Gasteiger charge is -2.25. The average Bonchev–Trinajstić information content (AvgIpc) is 3.62. The Morgan fingerprint density at radius 2 is 0.232 bits per heavy atom. The summed E-state index contributed by atoms with van der Waals surface area (Å²) < 4.78 is 97.8. The van der Waals surface area contributed by atoms with Crippen LogP contribution < -0.4 is 75.8 Å². The van der Waals surface area contributed by atoms with Gasteiger partial charge in [0.1, 0.15) is 0 Å². The van der Waals surface area contributed by atoms with Gasteiger partial charge >= 0.3 is 0 Å². The number of methoxy groups -OCH3 is 16.